The van der Waals surface area contributed by atoms with E-state index in [0.717, 1.165) is 17.8 Å². The maximum absolute atomic E-state index is 13.7. The monoisotopic (exact) mass is 594 g/mol. The first kappa shape index (κ1) is 30.6. The number of nitrogens with zero attached hydrogens (tertiary/aromatic N) is 5. The van der Waals surface area contributed by atoms with Gasteiger partial charge < -0.3 is 24.8 Å². The van der Waals surface area contributed by atoms with Crippen LogP contribution < -0.4 is 10.1 Å². The predicted molar refractivity (Wildman–Crippen MR) is 160 cm³/mol. The van der Waals surface area contributed by atoms with E-state index in [1.807, 2.05) is 18.5 Å². The van der Waals surface area contributed by atoms with E-state index in [4.69, 9.17) is 21.1 Å². The fraction of sp³-hybridized carbons (Fsp3) is 0.367. The van der Waals surface area contributed by atoms with Crippen molar-refractivity contribution in [3.05, 3.63) is 64.6 Å². The molecule has 2 aromatic carbocycles. The minimum absolute atomic E-state index is 0.112. The number of carbonyl (C=O) groups is 2. The van der Waals surface area contributed by atoms with Gasteiger partial charge in [-0.15, -0.1) is 0 Å². The number of alkyl carbamates (subject to hydrolysis) is 1. The molecule has 0 radical (unpaired) electrons. The first-order valence-electron chi connectivity index (χ1n) is 13.5. The largest absolute Gasteiger partial charge is 0.504 e. The number of phenolic OH excluding ortho intramolecular Hbond substituents is 1. The molecule has 0 aliphatic carbocycles. The van der Waals surface area contributed by atoms with Crippen LogP contribution in [0.2, 0.25) is 5.02 Å². The maximum Gasteiger partial charge on any atom is 0.407 e. The van der Waals surface area contributed by atoms with E-state index in [1.54, 1.807) is 69.2 Å². The number of amides is 2. The average Bonchev–Trinajstić information content (AvgIpc) is 3.28. The molecule has 0 aliphatic heterocycles. The van der Waals surface area contributed by atoms with Crippen molar-refractivity contribution in [3.63, 3.8) is 0 Å². The second-order valence-electron chi connectivity index (χ2n) is 10.7. The van der Waals surface area contributed by atoms with E-state index in [1.165, 1.54) is 6.07 Å². The zero-order chi connectivity index (χ0) is 30.6. The first-order chi connectivity index (χ1) is 19.9. The van der Waals surface area contributed by atoms with E-state index in [0.29, 0.717) is 28.0 Å². The second-order valence-corrected chi connectivity index (χ2v) is 11.2. The van der Waals surface area contributed by atoms with Gasteiger partial charge in [-0.1, -0.05) is 11.6 Å². The van der Waals surface area contributed by atoms with Gasteiger partial charge in [0, 0.05) is 47.4 Å². The lowest BCUT2D eigenvalue weighted by Crippen LogP contribution is -2.34. The van der Waals surface area contributed by atoms with Crippen molar-refractivity contribution in [2.24, 2.45) is 0 Å². The summed E-state index contributed by atoms with van der Waals surface area (Å²) < 4.78 is 12.7. The lowest BCUT2D eigenvalue weighted by atomic mass is 10.1. The number of benzene rings is 2. The Morgan fingerprint density at radius 3 is 2.57 bits per heavy atom. The van der Waals surface area contributed by atoms with Crippen LogP contribution >= 0.6 is 11.6 Å². The highest BCUT2D eigenvalue weighted by Crippen LogP contribution is 2.32. The van der Waals surface area contributed by atoms with E-state index >= 15 is 0 Å². The summed E-state index contributed by atoms with van der Waals surface area (Å²) in [4.78, 5) is 36.3. The molecule has 42 heavy (non-hydrogen) atoms. The summed E-state index contributed by atoms with van der Waals surface area (Å²) in [6.45, 7) is 10.7. The number of hydrogen-bond donors (Lipinski definition) is 2. The Bertz CT molecular complexity index is 1610. The molecule has 4 aromatic rings. The zero-order valence-electron chi connectivity index (χ0n) is 24.6. The molecule has 11 nitrogen and oxygen atoms in total. The Morgan fingerprint density at radius 1 is 1.14 bits per heavy atom. The van der Waals surface area contributed by atoms with Crippen molar-refractivity contribution in [2.45, 2.75) is 53.3 Å². The van der Waals surface area contributed by atoms with Gasteiger partial charge in [-0.25, -0.2) is 14.8 Å². The predicted octanol–water partition coefficient (Wildman–Crippen LogP) is 5.36. The SMILES string of the molecule is CCn1ncc(CN(C)C(=O)c2nc(-c3ccc(OCCNC(=O)OC(C)(C)C)c(O)c3)nc3ccc(Cl)cc23)c1C. The molecule has 2 aromatic heterocycles. The van der Waals surface area contributed by atoms with E-state index in [-0.39, 0.29) is 42.1 Å². The number of rotatable bonds is 9. The van der Waals surface area contributed by atoms with Crippen molar-refractivity contribution in [1.82, 2.24) is 30.0 Å². The molecular formula is C30H35ClN6O5. The highest BCUT2D eigenvalue weighted by Gasteiger charge is 2.22. The number of hydrogen-bond acceptors (Lipinski definition) is 8. The number of fused-ring (bicyclic) bond motifs is 1. The average molecular weight is 595 g/mol. The van der Waals surface area contributed by atoms with Crippen LogP contribution in [-0.2, 0) is 17.8 Å². The molecule has 0 spiro atoms. The molecule has 0 unspecified atom stereocenters. The Labute approximate surface area is 249 Å². The summed E-state index contributed by atoms with van der Waals surface area (Å²) >= 11 is 6.27. The summed E-state index contributed by atoms with van der Waals surface area (Å²) in [5.74, 6) is 0.0236. The van der Waals surface area contributed by atoms with Crippen LogP contribution in [0.5, 0.6) is 11.5 Å². The number of halogens is 1. The van der Waals surface area contributed by atoms with Crippen molar-refractivity contribution < 1.29 is 24.2 Å². The minimum atomic E-state index is -0.603. The first-order valence-corrected chi connectivity index (χ1v) is 13.9. The topological polar surface area (TPSA) is 132 Å². The van der Waals surface area contributed by atoms with Crippen LogP contribution in [-0.4, -0.2) is 67.6 Å². The van der Waals surface area contributed by atoms with Gasteiger partial charge in [0.25, 0.3) is 5.91 Å². The summed E-state index contributed by atoms with van der Waals surface area (Å²) in [7, 11) is 1.71. The molecule has 0 atom stereocenters. The molecule has 0 saturated carbocycles. The Morgan fingerprint density at radius 2 is 1.90 bits per heavy atom. The van der Waals surface area contributed by atoms with E-state index in [2.05, 4.69) is 20.4 Å². The normalized spacial score (nSPS) is 11.4. The molecule has 4 rings (SSSR count). The highest BCUT2D eigenvalue weighted by molar-refractivity contribution is 6.31. The summed E-state index contributed by atoms with van der Waals surface area (Å²) in [6, 6.07) is 9.82. The maximum atomic E-state index is 13.7. The Hall–Kier alpha value is -4.38. The van der Waals surface area contributed by atoms with Gasteiger partial charge in [0.1, 0.15) is 17.9 Å². The van der Waals surface area contributed by atoms with Gasteiger partial charge in [-0.2, -0.15) is 5.10 Å². The third-order valence-electron chi connectivity index (χ3n) is 6.36. The molecule has 2 heterocycles. The highest BCUT2D eigenvalue weighted by atomic mass is 35.5. The molecule has 0 aliphatic rings. The van der Waals surface area contributed by atoms with Gasteiger partial charge in [0.05, 0.1) is 18.3 Å². The molecular weight excluding hydrogens is 560 g/mol. The molecule has 222 valence electrons. The second kappa shape index (κ2) is 12.6. The quantitative estimate of drug-likeness (QED) is 0.248. The van der Waals surface area contributed by atoms with Gasteiger partial charge in [-0.05, 0) is 71.0 Å². The van der Waals surface area contributed by atoms with Crippen LogP contribution in [0.3, 0.4) is 0 Å². The smallest absolute Gasteiger partial charge is 0.407 e. The van der Waals surface area contributed by atoms with E-state index < -0.39 is 11.7 Å². The van der Waals surface area contributed by atoms with E-state index in [9.17, 15) is 14.7 Å². The molecule has 0 fully saturated rings. The number of aromatic hydroxyl groups is 1. The van der Waals surface area contributed by atoms with Gasteiger partial charge >= 0.3 is 6.09 Å². The third kappa shape index (κ3) is 7.27. The minimum Gasteiger partial charge on any atom is -0.504 e. The van der Waals surface area contributed by atoms with Gasteiger partial charge in [0.15, 0.2) is 17.3 Å². The van der Waals surface area contributed by atoms with Crippen molar-refractivity contribution in [2.75, 3.05) is 20.2 Å². The Balaban J connectivity index is 1.55. The van der Waals surface area contributed by atoms with Crippen molar-refractivity contribution in [3.8, 4) is 22.9 Å². The van der Waals surface area contributed by atoms with Crippen LogP contribution in [0.25, 0.3) is 22.3 Å². The van der Waals surface area contributed by atoms with Crippen LogP contribution in [0.15, 0.2) is 42.6 Å². The summed E-state index contributed by atoms with van der Waals surface area (Å²) in [5, 5.41) is 18.6. The number of nitrogens with one attached hydrogen (secondary N) is 1. The summed E-state index contributed by atoms with van der Waals surface area (Å²) in [6.07, 6.45) is 1.21. The molecule has 12 heteroatoms. The number of aromatic nitrogens is 4. The standard InChI is InChI=1S/C30H35ClN6O5/c1-7-37-18(2)20(16-33-37)17-36(6)28(39)26-22-15-21(31)9-10-23(22)34-27(35-26)19-8-11-25(24(38)14-19)41-13-12-32-29(40)42-30(3,4)5/h8-11,14-16,38H,7,12-13,17H2,1-6H3,(H,32,40). The molecule has 0 bridgehead atoms. The van der Waals surface area contributed by atoms with Crippen LogP contribution in [0, 0.1) is 6.92 Å². The number of ether oxygens (including phenoxy) is 2. The molecule has 2 N–H and O–H groups in total. The third-order valence-corrected chi connectivity index (χ3v) is 6.60. The summed E-state index contributed by atoms with van der Waals surface area (Å²) in [5.41, 5.74) is 2.53. The number of aryl methyl sites for hydroxylation is 1. The van der Waals surface area contributed by atoms with Crippen LogP contribution in [0.1, 0.15) is 49.4 Å². The fourth-order valence-electron chi connectivity index (χ4n) is 4.27. The fourth-order valence-corrected chi connectivity index (χ4v) is 4.44. The lowest BCUT2D eigenvalue weighted by Gasteiger charge is -2.19. The van der Waals surface area contributed by atoms with Crippen LogP contribution in [0.4, 0.5) is 4.79 Å². The zero-order valence-corrected chi connectivity index (χ0v) is 25.3. The molecule has 0 saturated heterocycles. The van der Waals surface area contributed by atoms with Gasteiger partial charge in [0.2, 0.25) is 0 Å². The van der Waals surface area contributed by atoms with Crippen molar-refractivity contribution >= 4 is 34.5 Å². The Kier molecular flexibility index (Phi) is 9.20. The van der Waals surface area contributed by atoms with Gasteiger partial charge in [-0.3, -0.25) is 9.48 Å². The lowest BCUT2D eigenvalue weighted by molar-refractivity contribution is 0.0520. The number of phenols is 1. The van der Waals surface area contributed by atoms with Crippen molar-refractivity contribution in [1.29, 1.82) is 0 Å². The molecule has 2 amide bonds. The number of carbonyl (C=O) groups excluding carboxylic acids is 2.